The van der Waals surface area contributed by atoms with E-state index in [9.17, 15) is 4.79 Å². The van der Waals surface area contributed by atoms with Crippen LogP contribution in [0.2, 0.25) is 0 Å². The number of carbonyl (C=O) groups excluding carboxylic acids is 1. The molecule has 0 unspecified atom stereocenters. The summed E-state index contributed by atoms with van der Waals surface area (Å²) in [6.45, 7) is 6.78. The summed E-state index contributed by atoms with van der Waals surface area (Å²) in [7, 11) is 0. The molecule has 1 aromatic heterocycles. The van der Waals surface area contributed by atoms with E-state index < -0.39 is 0 Å². The molecule has 150 valence electrons. The summed E-state index contributed by atoms with van der Waals surface area (Å²) in [5.41, 5.74) is 3.74. The summed E-state index contributed by atoms with van der Waals surface area (Å²) in [6.07, 6.45) is 3.48. The Morgan fingerprint density at radius 2 is 1.90 bits per heavy atom. The molecule has 5 nitrogen and oxygen atoms in total. The number of carbonyl (C=O) groups is 1. The molecule has 0 saturated carbocycles. The maximum atomic E-state index is 12.8. The van der Waals surface area contributed by atoms with Gasteiger partial charge in [-0.3, -0.25) is 9.78 Å². The van der Waals surface area contributed by atoms with Crippen LogP contribution < -0.4 is 14.8 Å². The third-order valence-electron chi connectivity index (χ3n) is 4.63. The molecule has 0 bridgehead atoms. The van der Waals surface area contributed by atoms with Crippen LogP contribution in [0.4, 0.5) is 0 Å². The molecule has 0 saturated heterocycles. The van der Waals surface area contributed by atoms with Crippen LogP contribution in [0.5, 0.6) is 11.5 Å². The number of nitrogens with one attached hydrogen (secondary N) is 1. The summed E-state index contributed by atoms with van der Waals surface area (Å²) in [4.78, 5) is 16.9. The molecule has 0 radical (unpaired) electrons. The van der Waals surface area contributed by atoms with Crippen molar-refractivity contribution < 1.29 is 14.3 Å². The van der Waals surface area contributed by atoms with E-state index in [0.29, 0.717) is 30.3 Å². The summed E-state index contributed by atoms with van der Waals surface area (Å²) in [5, 5.41) is 3.06. The molecule has 0 aliphatic rings. The minimum atomic E-state index is -0.152. The molecule has 2 aromatic carbocycles. The van der Waals surface area contributed by atoms with Crippen LogP contribution in [0.3, 0.4) is 0 Å². The van der Waals surface area contributed by atoms with Crippen molar-refractivity contribution in [2.24, 2.45) is 0 Å². The van der Waals surface area contributed by atoms with Gasteiger partial charge in [-0.2, -0.15) is 0 Å². The van der Waals surface area contributed by atoms with Crippen LogP contribution in [0.25, 0.3) is 0 Å². The number of aromatic nitrogens is 1. The Morgan fingerprint density at radius 3 is 2.62 bits per heavy atom. The number of amides is 1. The first-order valence-corrected chi connectivity index (χ1v) is 9.73. The van der Waals surface area contributed by atoms with Crippen LogP contribution in [0, 0.1) is 6.92 Å². The lowest BCUT2D eigenvalue weighted by molar-refractivity contribution is 0.0939. The molecule has 5 heteroatoms. The fourth-order valence-electron chi connectivity index (χ4n) is 3.11. The van der Waals surface area contributed by atoms with Gasteiger partial charge in [0.2, 0.25) is 0 Å². The number of rotatable bonds is 8. The average molecular weight is 390 g/mol. The molecular weight excluding hydrogens is 364 g/mol. The Labute approximate surface area is 171 Å². The second kappa shape index (κ2) is 9.73. The first-order chi connectivity index (χ1) is 14.1. The number of hydrogen-bond donors (Lipinski definition) is 1. The highest BCUT2D eigenvalue weighted by atomic mass is 16.5. The van der Waals surface area contributed by atoms with Crippen molar-refractivity contribution in [3.63, 3.8) is 0 Å². The summed E-state index contributed by atoms with van der Waals surface area (Å²) in [6, 6.07) is 17.0. The Kier molecular flexibility index (Phi) is 6.85. The second-order valence-corrected chi connectivity index (χ2v) is 6.80. The van der Waals surface area contributed by atoms with Gasteiger partial charge in [-0.15, -0.1) is 0 Å². The van der Waals surface area contributed by atoms with Gasteiger partial charge in [0.1, 0.15) is 6.61 Å². The Balaban J connectivity index is 1.73. The van der Waals surface area contributed by atoms with Crippen molar-refractivity contribution in [3.05, 3.63) is 89.2 Å². The summed E-state index contributed by atoms with van der Waals surface area (Å²) >= 11 is 0. The minimum Gasteiger partial charge on any atom is -0.490 e. The minimum absolute atomic E-state index is 0.0965. The standard InChI is InChI=1S/C24H26N2O3/c1-4-28-23-14-20(11-12-22(23)29-16-19-9-7-13-25-15-19)24(27)26-18(3)21-10-6-5-8-17(21)2/h5-15,18H,4,16H2,1-3H3,(H,26,27)/t18-/m1/s1. The SMILES string of the molecule is CCOc1cc(C(=O)N[C@H](C)c2ccccc2C)ccc1OCc1cccnc1. The molecule has 3 rings (SSSR count). The van der Waals surface area contributed by atoms with Crippen LogP contribution in [-0.4, -0.2) is 17.5 Å². The molecule has 3 aromatic rings. The van der Waals surface area contributed by atoms with Gasteiger partial charge in [0.25, 0.3) is 5.91 Å². The monoisotopic (exact) mass is 390 g/mol. The summed E-state index contributed by atoms with van der Waals surface area (Å²) in [5.74, 6) is 0.993. The van der Waals surface area contributed by atoms with Crippen molar-refractivity contribution in [3.8, 4) is 11.5 Å². The number of nitrogens with zero attached hydrogens (tertiary/aromatic N) is 1. The third kappa shape index (κ3) is 5.35. The van der Waals surface area contributed by atoms with Gasteiger partial charge in [0, 0.05) is 23.5 Å². The van der Waals surface area contributed by atoms with E-state index in [4.69, 9.17) is 9.47 Å². The maximum absolute atomic E-state index is 12.8. The lowest BCUT2D eigenvalue weighted by atomic mass is 10.0. The van der Waals surface area contributed by atoms with Gasteiger partial charge in [-0.25, -0.2) is 0 Å². The number of hydrogen-bond acceptors (Lipinski definition) is 4. The van der Waals surface area contributed by atoms with E-state index in [1.165, 1.54) is 0 Å². The van der Waals surface area contributed by atoms with Crippen molar-refractivity contribution in [1.29, 1.82) is 0 Å². The first-order valence-electron chi connectivity index (χ1n) is 9.73. The van der Waals surface area contributed by atoms with Crippen LogP contribution >= 0.6 is 0 Å². The molecule has 0 aliphatic heterocycles. The molecular formula is C24H26N2O3. The maximum Gasteiger partial charge on any atom is 0.251 e. The van der Waals surface area contributed by atoms with E-state index >= 15 is 0 Å². The van der Waals surface area contributed by atoms with Gasteiger partial charge in [0.15, 0.2) is 11.5 Å². The van der Waals surface area contributed by atoms with Gasteiger partial charge >= 0.3 is 0 Å². The Hall–Kier alpha value is -3.34. The zero-order valence-electron chi connectivity index (χ0n) is 17.0. The Morgan fingerprint density at radius 1 is 1.07 bits per heavy atom. The quantitative estimate of drug-likeness (QED) is 0.597. The highest BCUT2D eigenvalue weighted by Gasteiger charge is 2.15. The largest absolute Gasteiger partial charge is 0.490 e. The smallest absolute Gasteiger partial charge is 0.251 e. The van der Waals surface area contributed by atoms with E-state index in [0.717, 1.165) is 16.7 Å². The molecule has 1 amide bonds. The van der Waals surface area contributed by atoms with E-state index in [1.54, 1.807) is 30.6 Å². The zero-order chi connectivity index (χ0) is 20.6. The first kappa shape index (κ1) is 20.4. The predicted octanol–water partition coefficient (Wildman–Crippen LogP) is 4.86. The molecule has 1 atom stereocenters. The summed E-state index contributed by atoms with van der Waals surface area (Å²) < 4.78 is 11.6. The van der Waals surface area contributed by atoms with Crippen LogP contribution in [0.15, 0.2) is 67.0 Å². The lowest BCUT2D eigenvalue weighted by Crippen LogP contribution is -2.27. The predicted molar refractivity (Wildman–Crippen MR) is 113 cm³/mol. The number of benzene rings is 2. The van der Waals surface area contributed by atoms with Crippen molar-refractivity contribution in [2.45, 2.75) is 33.4 Å². The topological polar surface area (TPSA) is 60.5 Å². The van der Waals surface area contributed by atoms with E-state index in [2.05, 4.69) is 10.3 Å². The van der Waals surface area contributed by atoms with Gasteiger partial charge in [0.05, 0.1) is 12.6 Å². The zero-order valence-corrected chi connectivity index (χ0v) is 17.0. The molecule has 0 aliphatic carbocycles. The molecule has 1 heterocycles. The van der Waals surface area contributed by atoms with Gasteiger partial charge in [-0.05, 0) is 56.2 Å². The number of ether oxygens (including phenoxy) is 2. The highest BCUT2D eigenvalue weighted by molar-refractivity contribution is 5.95. The lowest BCUT2D eigenvalue weighted by Gasteiger charge is -2.18. The number of aryl methyl sites for hydroxylation is 1. The molecule has 0 fully saturated rings. The van der Waals surface area contributed by atoms with Crippen molar-refractivity contribution in [2.75, 3.05) is 6.61 Å². The molecule has 0 spiro atoms. The molecule has 1 N–H and O–H groups in total. The van der Waals surface area contributed by atoms with Gasteiger partial charge in [-0.1, -0.05) is 30.3 Å². The van der Waals surface area contributed by atoms with Crippen LogP contribution in [0.1, 0.15) is 46.9 Å². The van der Waals surface area contributed by atoms with E-state index in [-0.39, 0.29) is 11.9 Å². The van der Waals surface area contributed by atoms with Crippen molar-refractivity contribution in [1.82, 2.24) is 10.3 Å². The van der Waals surface area contributed by atoms with E-state index in [1.807, 2.05) is 57.2 Å². The third-order valence-corrected chi connectivity index (χ3v) is 4.63. The Bertz CT molecular complexity index is 957. The average Bonchev–Trinajstić information content (AvgIpc) is 2.74. The van der Waals surface area contributed by atoms with Crippen molar-refractivity contribution >= 4 is 5.91 Å². The van der Waals surface area contributed by atoms with Crippen LogP contribution in [-0.2, 0) is 6.61 Å². The normalized spacial score (nSPS) is 11.6. The second-order valence-electron chi connectivity index (χ2n) is 6.80. The van der Waals surface area contributed by atoms with Gasteiger partial charge < -0.3 is 14.8 Å². The molecule has 29 heavy (non-hydrogen) atoms. The highest BCUT2D eigenvalue weighted by Crippen LogP contribution is 2.29. The number of pyridine rings is 1. The fraction of sp³-hybridized carbons (Fsp3) is 0.250. The fourth-order valence-corrected chi connectivity index (χ4v) is 3.11.